The summed E-state index contributed by atoms with van der Waals surface area (Å²) in [7, 11) is 5.67. The van der Waals surface area contributed by atoms with E-state index in [-0.39, 0.29) is 11.8 Å². The maximum atomic E-state index is 6.09. The second-order valence-corrected chi connectivity index (χ2v) is 6.27. The van der Waals surface area contributed by atoms with Gasteiger partial charge < -0.3 is 9.15 Å². The molecule has 0 radical (unpaired) electrons. The van der Waals surface area contributed by atoms with Gasteiger partial charge in [0.15, 0.2) is 11.9 Å². The van der Waals surface area contributed by atoms with Gasteiger partial charge >= 0.3 is 0 Å². The fraction of sp³-hybridized carbons (Fsp3) is 0.125. The minimum Gasteiger partial charge on any atom is -0.481 e. The molecule has 3 aromatic rings. The van der Waals surface area contributed by atoms with Crippen LogP contribution in [0, 0.1) is 0 Å². The van der Waals surface area contributed by atoms with Crippen LogP contribution in [-0.2, 0) is 0 Å². The Hall–Kier alpha value is -1.36. The van der Waals surface area contributed by atoms with E-state index in [1.54, 1.807) is 0 Å². The van der Waals surface area contributed by atoms with Crippen molar-refractivity contribution in [2.75, 3.05) is 0 Å². The van der Waals surface area contributed by atoms with Crippen LogP contribution >= 0.6 is 18.5 Å². The molecule has 1 aliphatic rings. The van der Waals surface area contributed by atoms with E-state index in [0.717, 1.165) is 27.8 Å². The summed E-state index contributed by atoms with van der Waals surface area (Å²) < 4.78 is 12.1. The highest BCUT2D eigenvalue weighted by molar-refractivity contribution is 7.28. The van der Waals surface area contributed by atoms with Crippen LogP contribution in [0.15, 0.2) is 52.9 Å². The van der Waals surface area contributed by atoms with Gasteiger partial charge in [-0.3, -0.25) is 0 Å². The van der Waals surface area contributed by atoms with Gasteiger partial charge in [0.25, 0.3) is 0 Å². The summed E-state index contributed by atoms with van der Waals surface area (Å²) in [6, 6.07) is 16.2. The molecule has 4 rings (SSSR count). The van der Waals surface area contributed by atoms with Crippen LogP contribution in [-0.4, -0.2) is 0 Å². The van der Waals surface area contributed by atoms with Crippen molar-refractivity contribution in [2.24, 2.45) is 0 Å². The number of hydrogen-bond donors (Lipinski definition) is 0. The van der Waals surface area contributed by atoms with Crippen molar-refractivity contribution in [3.8, 4) is 5.75 Å². The lowest BCUT2D eigenvalue weighted by molar-refractivity contribution is 0.207. The van der Waals surface area contributed by atoms with Crippen molar-refractivity contribution < 1.29 is 9.15 Å². The van der Waals surface area contributed by atoms with E-state index < -0.39 is 0 Å². The smallest absolute Gasteiger partial charge is 0.167 e. The van der Waals surface area contributed by atoms with Crippen molar-refractivity contribution in [3.63, 3.8) is 0 Å². The molecule has 100 valence electrons. The number of ether oxygens (including phenoxy) is 1. The van der Waals surface area contributed by atoms with Crippen LogP contribution in [0.3, 0.4) is 0 Å². The van der Waals surface area contributed by atoms with Crippen LogP contribution < -0.4 is 10.0 Å². The first-order valence-corrected chi connectivity index (χ1v) is 7.78. The standard InChI is InChI=1S/C16H14O2P2/c19-15-9-5-1-3-7-11(9)17-13(15)14-16(20)10-6-2-4-8-12(10)18-14/h1-8,13,15H,19-20H2. The zero-order chi connectivity index (χ0) is 13.7. The minimum absolute atomic E-state index is 0.0858. The molecule has 2 heterocycles. The fourth-order valence-electron chi connectivity index (χ4n) is 2.75. The third kappa shape index (κ3) is 1.72. The lowest BCUT2D eigenvalue weighted by Crippen LogP contribution is -2.10. The summed E-state index contributed by atoms with van der Waals surface area (Å²) in [5.74, 6) is 1.84. The van der Waals surface area contributed by atoms with Crippen molar-refractivity contribution in [1.82, 2.24) is 0 Å². The molecule has 20 heavy (non-hydrogen) atoms. The number of hydrogen-bond acceptors (Lipinski definition) is 2. The average Bonchev–Trinajstić information content (AvgIpc) is 2.98. The molecule has 0 saturated heterocycles. The van der Waals surface area contributed by atoms with Gasteiger partial charge in [-0.25, -0.2) is 0 Å². The molecule has 2 nitrogen and oxygen atoms in total. The molecule has 4 unspecified atom stereocenters. The monoisotopic (exact) mass is 300 g/mol. The number of furan rings is 1. The molecular formula is C16H14O2P2. The molecule has 0 saturated carbocycles. The summed E-state index contributed by atoms with van der Waals surface area (Å²) in [4.78, 5) is 0. The lowest BCUT2D eigenvalue weighted by Gasteiger charge is -2.13. The molecular weight excluding hydrogens is 286 g/mol. The van der Waals surface area contributed by atoms with E-state index in [9.17, 15) is 0 Å². The largest absolute Gasteiger partial charge is 0.481 e. The maximum absolute atomic E-state index is 6.09. The Balaban J connectivity index is 1.84. The normalized spacial score (nSPS) is 20.9. The molecule has 4 atom stereocenters. The predicted molar refractivity (Wildman–Crippen MR) is 87.8 cm³/mol. The van der Waals surface area contributed by atoms with Gasteiger partial charge in [0.2, 0.25) is 0 Å². The van der Waals surface area contributed by atoms with Crippen molar-refractivity contribution in [2.45, 2.75) is 11.8 Å². The maximum Gasteiger partial charge on any atom is 0.167 e. The van der Waals surface area contributed by atoms with Crippen LogP contribution in [0.4, 0.5) is 0 Å². The van der Waals surface area contributed by atoms with Gasteiger partial charge in [-0.15, -0.1) is 18.5 Å². The predicted octanol–water partition coefficient (Wildman–Crippen LogP) is 3.98. The van der Waals surface area contributed by atoms with Crippen molar-refractivity contribution in [3.05, 3.63) is 59.9 Å². The Kier molecular flexibility index (Phi) is 2.84. The van der Waals surface area contributed by atoms with Gasteiger partial charge in [-0.2, -0.15) is 0 Å². The van der Waals surface area contributed by atoms with E-state index in [2.05, 4.69) is 30.6 Å². The summed E-state index contributed by atoms with van der Waals surface area (Å²) in [6.45, 7) is 0. The molecule has 4 heteroatoms. The summed E-state index contributed by atoms with van der Waals surface area (Å²) in [6.07, 6.45) is -0.0858. The van der Waals surface area contributed by atoms with E-state index >= 15 is 0 Å². The van der Waals surface area contributed by atoms with E-state index in [1.807, 2.05) is 36.4 Å². The minimum atomic E-state index is -0.0858. The highest BCUT2D eigenvalue weighted by Crippen LogP contribution is 2.49. The molecule has 2 aromatic carbocycles. The van der Waals surface area contributed by atoms with Crippen LogP contribution in [0.1, 0.15) is 23.1 Å². The first-order valence-electron chi connectivity index (χ1n) is 6.54. The first-order chi connectivity index (χ1) is 9.75. The molecule has 0 aliphatic carbocycles. The van der Waals surface area contributed by atoms with Gasteiger partial charge in [0, 0.05) is 21.9 Å². The fourth-order valence-corrected chi connectivity index (χ4v) is 3.74. The molecule has 0 fully saturated rings. The third-order valence-corrected chi connectivity index (χ3v) is 5.08. The lowest BCUT2D eigenvalue weighted by atomic mass is 10.1. The average molecular weight is 300 g/mol. The van der Waals surface area contributed by atoms with E-state index in [1.165, 1.54) is 5.56 Å². The Bertz CT molecular complexity index is 794. The highest BCUT2D eigenvalue weighted by atomic mass is 31.0. The summed E-state index contributed by atoms with van der Waals surface area (Å²) in [5.41, 5.74) is 2.34. The first kappa shape index (κ1) is 12.4. The summed E-state index contributed by atoms with van der Waals surface area (Å²) in [5, 5.41) is 2.22. The number of fused-ring (bicyclic) bond motifs is 2. The van der Waals surface area contributed by atoms with Crippen LogP contribution in [0.2, 0.25) is 0 Å². The molecule has 1 aliphatic heterocycles. The summed E-state index contributed by atoms with van der Waals surface area (Å²) >= 11 is 0. The molecule has 0 N–H and O–H groups in total. The van der Waals surface area contributed by atoms with E-state index in [0.29, 0.717) is 0 Å². The zero-order valence-electron chi connectivity index (χ0n) is 10.7. The van der Waals surface area contributed by atoms with Gasteiger partial charge in [0.1, 0.15) is 11.3 Å². The Labute approximate surface area is 121 Å². The number of benzene rings is 2. The Morgan fingerprint density at radius 2 is 1.70 bits per heavy atom. The quantitative estimate of drug-likeness (QED) is 0.634. The van der Waals surface area contributed by atoms with Crippen molar-refractivity contribution >= 4 is 34.8 Å². The molecule has 0 spiro atoms. The highest BCUT2D eigenvalue weighted by Gasteiger charge is 2.35. The molecule has 1 aromatic heterocycles. The van der Waals surface area contributed by atoms with Crippen LogP contribution in [0.5, 0.6) is 5.75 Å². The van der Waals surface area contributed by atoms with Gasteiger partial charge in [-0.05, 0) is 12.1 Å². The number of para-hydroxylation sites is 2. The van der Waals surface area contributed by atoms with E-state index in [4.69, 9.17) is 9.15 Å². The van der Waals surface area contributed by atoms with Gasteiger partial charge in [0.05, 0.1) is 0 Å². The molecule has 0 amide bonds. The second kappa shape index (κ2) is 4.58. The topological polar surface area (TPSA) is 22.4 Å². The third-order valence-electron chi connectivity index (χ3n) is 3.78. The number of rotatable bonds is 1. The Morgan fingerprint density at radius 3 is 2.50 bits per heavy atom. The molecule has 0 bridgehead atoms. The van der Waals surface area contributed by atoms with Gasteiger partial charge in [-0.1, -0.05) is 36.4 Å². The van der Waals surface area contributed by atoms with Crippen LogP contribution in [0.25, 0.3) is 11.0 Å². The second-order valence-electron chi connectivity index (χ2n) is 4.98. The van der Waals surface area contributed by atoms with Crippen molar-refractivity contribution in [1.29, 1.82) is 0 Å². The Morgan fingerprint density at radius 1 is 0.950 bits per heavy atom. The zero-order valence-corrected chi connectivity index (χ0v) is 13.1. The SMILES string of the molecule is Pc1c(C2Oc3ccccc3C2P)oc2ccccc12.